The number of nitriles is 1. The van der Waals surface area contributed by atoms with Gasteiger partial charge in [0, 0.05) is 37.8 Å². The Hall–Kier alpha value is -2.90. The summed E-state index contributed by atoms with van der Waals surface area (Å²) in [6.07, 6.45) is 2.10. The molecule has 10 heteroatoms. The molecule has 1 saturated carbocycles. The predicted octanol–water partition coefficient (Wildman–Crippen LogP) is 2.68. The SMILES string of the molecule is CN1CCO[C@@H]2CN(c3ccc(C[C@@H](C#N)NC(=O)C4C5CCC(C5)N4C(=O)OC(C)(C)C)c(F)c3)C[C@@H]21. The highest BCUT2D eigenvalue weighted by atomic mass is 19.1. The summed E-state index contributed by atoms with van der Waals surface area (Å²) in [5.74, 6) is -0.748. The number of nitrogens with zero attached hydrogens (tertiary/aromatic N) is 4. The van der Waals surface area contributed by atoms with E-state index in [4.69, 9.17) is 9.47 Å². The van der Waals surface area contributed by atoms with Crippen LogP contribution in [0.4, 0.5) is 14.9 Å². The first-order valence-corrected chi connectivity index (χ1v) is 13.6. The number of fused-ring (bicyclic) bond motifs is 3. The van der Waals surface area contributed by atoms with Gasteiger partial charge < -0.3 is 19.7 Å². The van der Waals surface area contributed by atoms with Gasteiger partial charge in [-0.15, -0.1) is 0 Å². The number of anilines is 1. The molecule has 0 radical (unpaired) electrons. The number of piperidine rings is 1. The number of nitrogens with one attached hydrogen (secondary N) is 1. The number of carbonyl (C=O) groups excluding carboxylic acids is 2. The molecule has 1 aromatic rings. The van der Waals surface area contributed by atoms with Crippen LogP contribution in [0.5, 0.6) is 0 Å². The molecule has 6 atom stereocenters. The molecule has 206 valence electrons. The first kappa shape index (κ1) is 26.7. The van der Waals surface area contributed by atoms with Gasteiger partial charge in [0.1, 0.15) is 23.5 Å². The number of morpholine rings is 1. The summed E-state index contributed by atoms with van der Waals surface area (Å²) in [6.45, 7) is 8.46. The number of hydrogen-bond donors (Lipinski definition) is 1. The molecule has 2 bridgehead atoms. The normalized spacial score (nSPS) is 29.6. The third-order valence-corrected chi connectivity index (χ3v) is 8.34. The average Bonchev–Trinajstić information content (AvgIpc) is 3.58. The van der Waals surface area contributed by atoms with Crippen LogP contribution in [-0.4, -0.2) is 91.0 Å². The van der Waals surface area contributed by atoms with Gasteiger partial charge in [0.05, 0.1) is 24.8 Å². The molecule has 1 N–H and O–H groups in total. The molecule has 1 aromatic carbocycles. The van der Waals surface area contributed by atoms with E-state index in [2.05, 4.69) is 28.2 Å². The van der Waals surface area contributed by atoms with Gasteiger partial charge >= 0.3 is 6.09 Å². The Morgan fingerprint density at radius 1 is 1.29 bits per heavy atom. The number of rotatable bonds is 5. The molecular weight excluding hydrogens is 489 g/mol. The van der Waals surface area contributed by atoms with Crippen LogP contribution in [0.3, 0.4) is 0 Å². The van der Waals surface area contributed by atoms with Gasteiger partial charge in [0.2, 0.25) is 5.91 Å². The van der Waals surface area contributed by atoms with Crippen molar-refractivity contribution in [2.45, 2.75) is 82.3 Å². The van der Waals surface area contributed by atoms with Crippen molar-refractivity contribution in [3.8, 4) is 6.07 Å². The summed E-state index contributed by atoms with van der Waals surface area (Å²) in [6, 6.07) is 5.83. The summed E-state index contributed by atoms with van der Waals surface area (Å²) in [5, 5.41) is 12.6. The van der Waals surface area contributed by atoms with Crippen LogP contribution < -0.4 is 10.2 Å². The fraction of sp³-hybridized carbons (Fsp3) is 0.679. The number of likely N-dealkylation sites (N-methyl/N-ethyl adjacent to an activating group) is 1. The number of benzene rings is 1. The Morgan fingerprint density at radius 3 is 2.76 bits per heavy atom. The quantitative estimate of drug-likeness (QED) is 0.629. The monoisotopic (exact) mass is 527 g/mol. The van der Waals surface area contributed by atoms with E-state index in [1.165, 1.54) is 6.07 Å². The molecular formula is C28H38FN5O4. The van der Waals surface area contributed by atoms with Crippen molar-refractivity contribution in [3.05, 3.63) is 29.6 Å². The standard InChI is InChI=1S/C28H38FN5O4/c1-28(2,3)38-27(36)34-21-8-6-18(12-21)25(34)26(35)31-19(14-30)11-17-5-7-20(13-22(17)29)33-15-23-24(16-33)37-10-9-32(23)4/h5,7,13,18-19,21,23-25H,6,8-12,15-16H2,1-4H3,(H,31,35)/t18?,19-,21?,23-,24+,25?/m0/s1. The summed E-state index contributed by atoms with van der Waals surface area (Å²) in [5.41, 5.74) is 0.474. The van der Waals surface area contributed by atoms with E-state index < -0.39 is 29.6 Å². The highest BCUT2D eigenvalue weighted by molar-refractivity contribution is 5.87. The molecule has 2 amide bonds. The van der Waals surface area contributed by atoms with Crippen molar-refractivity contribution >= 4 is 17.7 Å². The highest BCUT2D eigenvalue weighted by Gasteiger charge is 2.52. The second-order valence-corrected chi connectivity index (χ2v) is 12.1. The van der Waals surface area contributed by atoms with Gasteiger partial charge in [-0.1, -0.05) is 6.07 Å². The molecule has 4 fully saturated rings. The van der Waals surface area contributed by atoms with Crippen molar-refractivity contribution in [2.24, 2.45) is 5.92 Å². The smallest absolute Gasteiger partial charge is 0.411 e. The van der Waals surface area contributed by atoms with Gasteiger partial charge in [-0.05, 0) is 70.7 Å². The van der Waals surface area contributed by atoms with Gasteiger partial charge in [0.15, 0.2) is 0 Å². The zero-order valence-corrected chi connectivity index (χ0v) is 22.7. The van der Waals surface area contributed by atoms with Gasteiger partial charge in [-0.3, -0.25) is 14.6 Å². The second kappa shape index (κ2) is 10.3. The molecule has 3 heterocycles. The molecule has 38 heavy (non-hydrogen) atoms. The zero-order chi connectivity index (χ0) is 27.2. The minimum Gasteiger partial charge on any atom is -0.444 e. The van der Waals surface area contributed by atoms with Crippen molar-refractivity contribution < 1.29 is 23.5 Å². The largest absolute Gasteiger partial charge is 0.444 e. The van der Waals surface area contributed by atoms with Crippen LogP contribution in [0.2, 0.25) is 0 Å². The zero-order valence-electron chi connectivity index (χ0n) is 22.7. The molecule has 3 aliphatic heterocycles. The van der Waals surface area contributed by atoms with Crippen LogP contribution in [0.25, 0.3) is 0 Å². The number of carbonyl (C=O) groups is 2. The second-order valence-electron chi connectivity index (χ2n) is 12.1. The van der Waals surface area contributed by atoms with E-state index in [1.54, 1.807) is 31.7 Å². The van der Waals surface area contributed by atoms with Crippen LogP contribution >= 0.6 is 0 Å². The Balaban J connectivity index is 1.23. The molecule has 4 aliphatic rings. The number of ether oxygens (including phenoxy) is 2. The Labute approximate surface area is 223 Å². The lowest BCUT2D eigenvalue weighted by Crippen LogP contribution is -2.55. The van der Waals surface area contributed by atoms with Crippen molar-refractivity contribution in [1.29, 1.82) is 5.26 Å². The van der Waals surface area contributed by atoms with Crippen LogP contribution in [-0.2, 0) is 20.7 Å². The highest BCUT2D eigenvalue weighted by Crippen LogP contribution is 2.43. The van der Waals surface area contributed by atoms with E-state index in [1.807, 2.05) is 6.07 Å². The minimum absolute atomic E-state index is 0.0317. The molecule has 1 aliphatic carbocycles. The van der Waals surface area contributed by atoms with Crippen LogP contribution in [0.15, 0.2) is 18.2 Å². The molecule has 3 saturated heterocycles. The van der Waals surface area contributed by atoms with Crippen molar-refractivity contribution in [1.82, 2.24) is 15.1 Å². The predicted molar refractivity (Wildman–Crippen MR) is 139 cm³/mol. The fourth-order valence-corrected chi connectivity index (χ4v) is 6.48. The number of hydrogen-bond acceptors (Lipinski definition) is 7. The molecule has 9 nitrogen and oxygen atoms in total. The van der Waals surface area contributed by atoms with E-state index in [0.717, 1.165) is 38.0 Å². The van der Waals surface area contributed by atoms with Gasteiger partial charge in [-0.2, -0.15) is 5.26 Å². The first-order valence-electron chi connectivity index (χ1n) is 13.6. The lowest BCUT2D eigenvalue weighted by molar-refractivity contribution is -0.128. The number of amides is 2. The van der Waals surface area contributed by atoms with E-state index >= 15 is 4.39 Å². The van der Waals surface area contributed by atoms with E-state index in [9.17, 15) is 14.9 Å². The van der Waals surface area contributed by atoms with Crippen molar-refractivity contribution in [3.63, 3.8) is 0 Å². The van der Waals surface area contributed by atoms with Crippen LogP contribution in [0.1, 0.15) is 45.6 Å². The summed E-state index contributed by atoms with van der Waals surface area (Å²) in [4.78, 5) is 32.2. The maximum atomic E-state index is 15.2. The summed E-state index contributed by atoms with van der Waals surface area (Å²) >= 11 is 0. The van der Waals surface area contributed by atoms with Gasteiger partial charge in [-0.25, -0.2) is 9.18 Å². The van der Waals surface area contributed by atoms with Crippen LogP contribution in [0, 0.1) is 23.1 Å². The summed E-state index contributed by atoms with van der Waals surface area (Å²) < 4.78 is 26.6. The first-order chi connectivity index (χ1) is 18.0. The molecule has 5 rings (SSSR count). The topological polar surface area (TPSA) is 98.1 Å². The Kier molecular flexibility index (Phi) is 7.27. The number of likely N-dealkylation sites (tertiary alicyclic amines) is 1. The lowest BCUT2D eigenvalue weighted by Gasteiger charge is -2.35. The Morgan fingerprint density at radius 2 is 2.08 bits per heavy atom. The summed E-state index contributed by atoms with van der Waals surface area (Å²) in [7, 11) is 2.09. The van der Waals surface area contributed by atoms with Crippen molar-refractivity contribution in [2.75, 3.05) is 38.2 Å². The fourth-order valence-electron chi connectivity index (χ4n) is 6.48. The average molecular weight is 528 g/mol. The third kappa shape index (κ3) is 5.32. The lowest BCUT2D eigenvalue weighted by atomic mass is 9.97. The minimum atomic E-state index is -0.917. The maximum absolute atomic E-state index is 15.2. The third-order valence-electron chi connectivity index (χ3n) is 8.34. The maximum Gasteiger partial charge on any atom is 0.411 e. The van der Waals surface area contributed by atoms with E-state index in [-0.39, 0.29) is 36.4 Å². The van der Waals surface area contributed by atoms with Gasteiger partial charge in [0.25, 0.3) is 0 Å². The molecule has 3 unspecified atom stereocenters. The molecule has 0 aromatic heterocycles. The Bertz CT molecular complexity index is 1120. The number of halogens is 1. The molecule has 0 spiro atoms. The van der Waals surface area contributed by atoms with E-state index in [0.29, 0.717) is 18.7 Å².